The lowest BCUT2D eigenvalue weighted by Crippen LogP contribution is -2.53. The average Bonchev–Trinajstić information content (AvgIpc) is 2.67. The molecule has 6 nitrogen and oxygen atoms in total. The van der Waals surface area contributed by atoms with E-state index in [9.17, 15) is 10.1 Å². The third-order valence-electron chi connectivity index (χ3n) is 5.14. The van der Waals surface area contributed by atoms with Crippen LogP contribution in [0.4, 0.5) is 5.82 Å². The molecule has 0 aromatic carbocycles. The van der Waals surface area contributed by atoms with E-state index in [0.717, 1.165) is 25.3 Å². The molecule has 2 aliphatic heterocycles. The van der Waals surface area contributed by atoms with Crippen LogP contribution < -0.4 is 4.90 Å². The quantitative estimate of drug-likeness (QED) is 0.841. The highest BCUT2D eigenvalue weighted by atomic mass is 16.5. The molecule has 134 valence electrons. The number of amides is 1. The fourth-order valence-corrected chi connectivity index (χ4v) is 3.83. The minimum atomic E-state index is -0.0233. The molecule has 3 rings (SSSR count). The highest BCUT2D eigenvalue weighted by Crippen LogP contribution is 2.28. The number of ether oxygens (including phenoxy) is 1. The molecule has 0 spiro atoms. The van der Waals surface area contributed by atoms with Gasteiger partial charge >= 0.3 is 0 Å². The number of hydrogen-bond donors (Lipinski definition) is 0. The molecule has 1 aromatic heterocycles. The molecule has 0 aliphatic carbocycles. The molecule has 1 amide bonds. The average molecular weight is 342 g/mol. The van der Waals surface area contributed by atoms with Gasteiger partial charge in [0, 0.05) is 39.0 Å². The summed E-state index contributed by atoms with van der Waals surface area (Å²) in [4.78, 5) is 21.4. The van der Waals surface area contributed by atoms with Crippen molar-refractivity contribution >= 4 is 11.7 Å². The van der Waals surface area contributed by atoms with Crippen LogP contribution in [0.5, 0.6) is 0 Å². The second-order valence-corrected chi connectivity index (χ2v) is 7.13. The van der Waals surface area contributed by atoms with Gasteiger partial charge in [0.15, 0.2) is 0 Å². The monoisotopic (exact) mass is 342 g/mol. The Balaban J connectivity index is 1.64. The molecular formula is C19H26N4O2. The van der Waals surface area contributed by atoms with Crippen LogP contribution in [0.15, 0.2) is 18.3 Å². The number of carbonyl (C=O) groups excluding carboxylic acids is 1. The van der Waals surface area contributed by atoms with Crippen molar-refractivity contribution in [3.63, 3.8) is 0 Å². The Morgan fingerprint density at radius 1 is 1.36 bits per heavy atom. The van der Waals surface area contributed by atoms with E-state index in [1.54, 1.807) is 18.3 Å². The van der Waals surface area contributed by atoms with E-state index in [4.69, 9.17) is 4.74 Å². The predicted molar refractivity (Wildman–Crippen MR) is 95.0 cm³/mol. The van der Waals surface area contributed by atoms with Crippen LogP contribution in [0.3, 0.4) is 0 Å². The number of aromatic nitrogens is 1. The van der Waals surface area contributed by atoms with Gasteiger partial charge < -0.3 is 14.5 Å². The summed E-state index contributed by atoms with van der Waals surface area (Å²) in [6.07, 6.45) is 3.61. The number of pyridine rings is 1. The molecule has 6 heteroatoms. The van der Waals surface area contributed by atoms with Gasteiger partial charge in [0.2, 0.25) is 5.91 Å². The molecule has 2 atom stereocenters. The normalized spacial score (nSPS) is 24.2. The van der Waals surface area contributed by atoms with Gasteiger partial charge in [0.05, 0.1) is 17.6 Å². The van der Waals surface area contributed by atoms with Crippen molar-refractivity contribution in [3.8, 4) is 6.07 Å². The first-order valence-electron chi connectivity index (χ1n) is 9.12. The van der Waals surface area contributed by atoms with Gasteiger partial charge in [0.25, 0.3) is 0 Å². The summed E-state index contributed by atoms with van der Waals surface area (Å²) >= 11 is 0. The van der Waals surface area contributed by atoms with Crippen molar-refractivity contribution in [1.82, 2.24) is 9.88 Å². The number of carbonyl (C=O) groups is 1. The molecule has 2 aliphatic rings. The minimum Gasteiger partial charge on any atom is -0.377 e. The maximum absolute atomic E-state index is 13.0. The zero-order valence-electron chi connectivity index (χ0n) is 15.0. The summed E-state index contributed by atoms with van der Waals surface area (Å²) in [5.74, 6) is 1.27. The number of anilines is 1. The molecule has 3 heterocycles. The molecule has 0 unspecified atom stereocenters. The summed E-state index contributed by atoms with van der Waals surface area (Å²) in [6.45, 7) is 7.76. The first-order valence-corrected chi connectivity index (χ1v) is 9.12. The first kappa shape index (κ1) is 17.7. The minimum absolute atomic E-state index is 0.0233. The largest absolute Gasteiger partial charge is 0.377 e. The van der Waals surface area contributed by atoms with Crippen molar-refractivity contribution in [1.29, 1.82) is 5.26 Å². The zero-order chi connectivity index (χ0) is 17.8. The Morgan fingerprint density at radius 2 is 2.12 bits per heavy atom. The van der Waals surface area contributed by atoms with E-state index in [1.165, 1.54) is 0 Å². The third-order valence-corrected chi connectivity index (χ3v) is 5.14. The van der Waals surface area contributed by atoms with Crippen LogP contribution in [-0.4, -0.2) is 54.7 Å². The fraction of sp³-hybridized carbons (Fsp3) is 0.632. The van der Waals surface area contributed by atoms with Crippen LogP contribution in [0.2, 0.25) is 0 Å². The van der Waals surface area contributed by atoms with E-state index < -0.39 is 0 Å². The van der Waals surface area contributed by atoms with Crippen molar-refractivity contribution in [2.75, 3.05) is 37.7 Å². The summed E-state index contributed by atoms with van der Waals surface area (Å²) in [5, 5.41) is 9.25. The van der Waals surface area contributed by atoms with E-state index in [2.05, 4.69) is 29.8 Å². The van der Waals surface area contributed by atoms with Crippen molar-refractivity contribution in [3.05, 3.63) is 23.9 Å². The Kier molecular flexibility index (Phi) is 5.54. The van der Waals surface area contributed by atoms with Gasteiger partial charge in [-0.25, -0.2) is 4.98 Å². The number of nitriles is 1. The summed E-state index contributed by atoms with van der Waals surface area (Å²) in [7, 11) is 0. The van der Waals surface area contributed by atoms with Crippen LogP contribution in [0.25, 0.3) is 0 Å². The summed E-state index contributed by atoms with van der Waals surface area (Å²) in [5.41, 5.74) is 0.586. The summed E-state index contributed by atoms with van der Waals surface area (Å²) < 4.78 is 5.88. The van der Waals surface area contributed by atoms with Gasteiger partial charge in [0.1, 0.15) is 11.9 Å². The number of piperazine rings is 1. The standard InChI is InChI=1S/C19H26N4O2/c1-14(2)17-16(6-4-12-25-17)19(24)23-10-8-22(9-11-23)18-15(13-20)5-3-7-21-18/h3,5,7,14,16-17H,4,6,8-12H2,1-2H3/t16-,17+/m1/s1. The Morgan fingerprint density at radius 3 is 2.80 bits per heavy atom. The lowest BCUT2D eigenvalue weighted by atomic mass is 9.86. The van der Waals surface area contributed by atoms with Gasteiger partial charge in [-0.1, -0.05) is 13.8 Å². The van der Waals surface area contributed by atoms with Crippen LogP contribution in [-0.2, 0) is 9.53 Å². The molecule has 25 heavy (non-hydrogen) atoms. The Hall–Kier alpha value is -2.13. The fourth-order valence-electron chi connectivity index (χ4n) is 3.83. The van der Waals surface area contributed by atoms with Gasteiger partial charge in [-0.15, -0.1) is 0 Å². The van der Waals surface area contributed by atoms with Gasteiger partial charge in [-0.05, 0) is 30.9 Å². The third kappa shape index (κ3) is 3.77. The highest BCUT2D eigenvalue weighted by molar-refractivity contribution is 5.80. The summed E-state index contributed by atoms with van der Waals surface area (Å²) in [6, 6.07) is 5.75. The number of hydrogen-bond acceptors (Lipinski definition) is 5. The zero-order valence-corrected chi connectivity index (χ0v) is 15.0. The second-order valence-electron chi connectivity index (χ2n) is 7.13. The maximum atomic E-state index is 13.0. The van der Waals surface area contributed by atoms with Gasteiger partial charge in [-0.3, -0.25) is 4.79 Å². The van der Waals surface area contributed by atoms with Crippen LogP contribution in [0.1, 0.15) is 32.3 Å². The second kappa shape index (κ2) is 7.83. The van der Waals surface area contributed by atoms with Crippen molar-refractivity contribution < 1.29 is 9.53 Å². The van der Waals surface area contributed by atoms with E-state index in [0.29, 0.717) is 37.7 Å². The first-order chi connectivity index (χ1) is 12.1. The Labute approximate surface area is 149 Å². The molecule has 0 radical (unpaired) electrons. The molecule has 2 fully saturated rings. The Bertz CT molecular complexity index is 647. The maximum Gasteiger partial charge on any atom is 0.228 e. The van der Waals surface area contributed by atoms with Crippen molar-refractivity contribution in [2.24, 2.45) is 11.8 Å². The van der Waals surface area contributed by atoms with E-state index in [-0.39, 0.29) is 17.9 Å². The lowest BCUT2D eigenvalue weighted by Gasteiger charge is -2.40. The molecule has 1 aromatic rings. The molecule has 2 saturated heterocycles. The highest BCUT2D eigenvalue weighted by Gasteiger charge is 2.37. The van der Waals surface area contributed by atoms with E-state index in [1.807, 2.05) is 4.90 Å². The van der Waals surface area contributed by atoms with Gasteiger partial charge in [-0.2, -0.15) is 5.26 Å². The molecule has 0 saturated carbocycles. The molecule has 0 N–H and O–H groups in total. The SMILES string of the molecule is CC(C)[C@@H]1OCCC[C@H]1C(=O)N1CCN(c2ncccc2C#N)CC1. The smallest absolute Gasteiger partial charge is 0.228 e. The molecule has 0 bridgehead atoms. The topological polar surface area (TPSA) is 69.5 Å². The van der Waals surface area contributed by atoms with Crippen molar-refractivity contribution in [2.45, 2.75) is 32.8 Å². The number of nitrogens with zero attached hydrogens (tertiary/aromatic N) is 4. The predicted octanol–water partition coefficient (Wildman–Crippen LogP) is 2.05. The van der Waals surface area contributed by atoms with Crippen LogP contribution in [0, 0.1) is 23.2 Å². The number of rotatable bonds is 3. The van der Waals surface area contributed by atoms with Crippen LogP contribution >= 0.6 is 0 Å². The van der Waals surface area contributed by atoms with E-state index >= 15 is 0 Å². The molecular weight excluding hydrogens is 316 g/mol. The lowest BCUT2D eigenvalue weighted by molar-refractivity contribution is -0.148.